The second kappa shape index (κ2) is 10.9. The van der Waals surface area contributed by atoms with Crippen molar-refractivity contribution in [1.29, 1.82) is 0 Å². The smallest absolute Gasteiger partial charge is 0.407 e. The minimum atomic E-state index is -1.19. The van der Waals surface area contributed by atoms with Crippen molar-refractivity contribution in [2.24, 2.45) is 5.92 Å². The van der Waals surface area contributed by atoms with Crippen LogP contribution >= 0.6 is 0 Å². The van der Waals surface area contributed by atoms with Gasteiger partial charge in [0.25, 0.3) is 0 Å². The van der Waals surface area contributed by atoms with Crippen LogP contribution in [0.5, 0.6) is 0 Å². The van der Waals surface area contributed by atoms with Crippen LogP contribution in [-0.4, -0.2) is 54.0 Å². The number of rotatable bonds is 9. The van der Waals surface area contributed by atoms with Gasteiger partial charge in [0.1, 0.15) is 6.61 Å². The Morgan fingerprint density at radius 1 is 0.943 bits per heavy atom. The number of fused-ring (bicyclic) bond motifs is 3. The molecule has 0 aliphatic heterocycles. The maximum absolute atomic E-state index is 12.6. The molecule has 0 saturated heterocycles. The zero-order chi connectivity index (χ0) is 25.8. The highest BCUT2D eigenvalue weighted by molar-refractivity contribution is 5.85. The molecule has 0 heterocycles. The Bertz CT molecular complexity index is 1030. The minimum Gasteiger partial charge on any atom is -0.480 e. The highest BCUT2D eigenvalue weighted by atomic mass is 16.5. The molecule has 1 aliphatic carbocycles. The van der Waals surface area contributed by atoms with E-state index in [0.29, 0.717) is 0 Å². The van der Waals surface area contributed by atoms with Crippen LogP contribution in [0.4, 0.5) is 4.79 Å². The zero-order valence-corrected chi connectivity index (χ0v) is 20.8. The van der Waals surface area contributed by atoms with Crippen LogP contribution in [0.15, 0.2) is 48.5 Å². The largest absolute Gasteiger partial charge is 0.480 e. The lowest BCUT2D eigenvalue weighted by atomic mass is 9.98. The average Bonchev–Trinajstić information content (AvgIpc) is 3.12. The van der Waals surface area contributed by atoms with Crippen molar-refractivity contribution in [3.8, 4) is 11.1 Å². The molecule has 2 unspecified atom stereocenters. The van der Waals surface area contributed by atoms with Gasteiger partial charge in [-0.25, -0.2) is 9.59 Å². The van der Waals surface area contributed by atoms with Gasteiger partial charge in [-0.05, 0) is 49.9 Å². The van der Waals surface area contributed by atoms with Gasteiger partial charge in [-0.15, -0.1) is 0 Å². The summed E-state index contributed by atoms with van der Waals surface area (Å²) in [5.74, 6) is -2.44. The summed E-state index contributed by atoms with van der Waals surface area (Å²) in [6.45, 7) is 8.70. The molecule has 188 valence electrons. The molecular formula is C27H34N2O6. The van der Waals surface area contributed by atoms with Crippen LogP contribution in [0.3, 0.4) is 0 Å². The fourth-order valence-corrected chi connectivity index (χ4v) is 3.99. The molecule has 0 radical (unpaired) electrons. The maximum atomic E-state index is 12.6. The number of carbonyl (C=O) groups is 3. The van der Waals surface area contributed by atoms with Gasteiger partial charge in [-0.2, -0.15) is 0 Å². The van der Waals surface area contributed by atoms with Gasteiger partial charge in [0.2, 0.25) is 5.91 Å². The van der Waals surface area contributed by atoms with Gasteiger partial charge >= 0.3 is 12.1 Å². The van der Waals surface area contributed by atoms with E-state index in [4.69, 9.17) is 9.47 Å². The molecule has 3 rings (SSSR count). The van der Waals surface area contributed by atoms with E-state index in [1.807, 2.05) is 36.4 Å². The van der Waals surface area contributed by atoms with Gasteiger partial charge in [-0.1, -0.05) is 55.5 Å². The summed E-state index contributed by atoms with van der Waals surface area (Å²) in [5.41, 5.74) is 3.96. The zero-order valence-electron chi connectivity index (χ0n) is 20.8. The Morgan fingerprint density at radius 3 is 2.00 bits per heavy atom. The van der Waals surface area contributed by atoms with Crippen molar-refractivity contribution in [2.45, 2.75) is 58.2 Å². The molecule has 35 heavy (non-hydrogen) atoms. The number of carbonyl (C=O) groups excluding carboxylic acids is 2. The monoisotopic (exact) mass is 482 g/mol. The second-order valence-corrected chi connectivity index (χ2v) is 9.87. The quantitative estimate of drug-likeness (QED) is 0.499. The topological polar surface area (TPSA) is 114 Å². The molecule has 3 N–H and O–H groups in total. The molecule has 8 heteroatoms. The maximum Gasteiger partial charge on any atom is 0.407 e. The normalized spacial score (nSPS) is 15.3. The van der Waals surface area contributed by atoms with Crippen molar-refractivity contribution in [2.75, 3.05) is 13.2 Å². The Balaban J connectivity index is 1.54. The van der Waals surface area contributed by atoms with E-state index in [1.54, 1.807) is 34.6 Å². The number of nitrogens with one attached hydrogen (secondary N) is 2. The Morgan fingerprint density at radius 2 is 1.49 bits per heavy atom. The third-order valence-electron chi connectivity index (χ3n) is 6.15. The molecular weight excluding hydrogens is 448 g/mol. The summed E-state index contributed by atoms with van der Waals surface area (Å²) in [6, 6.07) is 14.4. The Hall–Kier alpha value is -3.39. The number of hydrogen-bond donors (Lipinski definition) is 3. The highest BCUT2D eigenvalue weighted by Crippen LogP contribution is 2.44. The van der Waals surface area contributed by atoms with Crippen molar-refractivity contribution in [3.63, 3.8) is 0 Å². The number of alkyl carbamates (subject to hydrolysis) is 1. The number of carboxylic acids is 1. The SMILES string of the molecule is CC(NC(=O)OCC1c2ccccc2-c2ccccc21)C(C)C(=O)N[C@@H](COC(C)(C)C)C(=O)O. The number of ether oxygens (including phenoxy) is 2. The van der Waals surface area contributed by atoms with Crippen LogP contribution in [0, 0.1) is 5.92 Å². The number of aliphatic carboxylic acids is 1. The second-order valence-electron chi connectivity index (χ2n) is 9.87. The number of benzene rings is 2. The van der Waals surface area contributed by atoms with Gasteiger partial charge in [-0.3, -0.25) is 4.79 Å². The van der Waals surface area contributed by atoms with Crippen LogP contribution < -0.4 is 10.6 Å². The van der Waals surface area contributed by atoms with Crippen LogP contribution in [-0.2, 0) is 19.1 Å². The third kappa shape index (κ3) is 6.60. The standard InChI is InChI=1S/C27H34N2O6/c1-16(24(30)29-23(25(31)32)15-35-27(3,4)5)17(2)28-26(33)34-14-22-20-12-8-6-10-18(20)19-11-7-9-13-21(19)22/h6-13,16-17,22-23H,14-15H2,1-5H3,(H,28,33)(H,29,30)(H,31,32)/t16?,17?,23-/m0/s1. The Labute approximate surface area is 206 Å². The van der Waals surface area contributed by atoms with Crippen LogP contribution in [0.2, 0.25) is 0 Å². The van der Waals surface area contributed by atoms with Gasteiger partial charge < -0.3 is 25.2 Å². The third-order valence-corrected chi connectivity index (χ3v) is 6.15. The molecule has 0 bridgehead atoms. The Kier molecular flexibility index (Phi) is 8.17. The van der Waals surface area contributed by atoms with E-state index >= 15 is 0 Å². The number of carboxylic acid groups (broad SMARTS) is 1. The predicted molar refractivity (Wildman–Crippen MR) is 132 cm³/mol. The molecule has 2 aromatic carbocycles. The lowest BCUT2D eigenvalue weighted by molar-refractivity contribution is -0.146. The molecule has 8 nitrogen and oxygen atoms in total. The molecule has 0 spiro atoms. The van der Waals surface area contributed by atoms with E-state index < -0.39 is 41.6 Å². The van der Waals surface area contributed by atoms with Crippen LogP contribution in [0.1, 0.15) is 51.7 Å². The van der Waals surface area contributed by atoms with Crippen molar-refractivity contribution < 1.29 is 29.0 Å². The highest BCUT2D eigenvalue weighted by Gasteiger charge is 2.31. The average molecular weight is 483 g/mol. The lowest BCUT2D eigenvalue weighted by Gasteiger charge is -2.25. The lowest BCUT2D eigenvalue weighted by Crippen LogP contribution is -2.51. The van der Waals surface area contributed by atoms with Crippen molar-refractivity contribution >= 4 is 18.0 Å². The van der Waals surface area contributed by atoms with E-state index in [2.05, 4.69) is 22.8 Å². The first-order valence-electron chi connectivity index (χ1n) is 11.8. The first-order chi connectivity index (χ1) is 16.5. The summed E-state index contributed by atoms with van der Waals surface area (Å²) < 4.78 is 11.0. The van der Waals surface area contributed by atoms with Crippen LogP contribution in [0.25, 0.3) is 11.1 Å². The van der Waals surface area contributed by atoms with E-state index in [-0.39, 0.29) is 19.1 Å². The van der Waals surface area contributed by atoms with Gasteiger partial charge in [0.15, 0.2) is 6.04 Å². The fourth-order valence-electron chi connectivity index (χ4n) is 3.99. The van der Waals surface area contributed by atoms with Gasteiger partial charge in [0.05, 0.1) is 18.1 Å². The molecule has 2 aromatic rings. The fraction of sp³-hybridized carbons (Fsp3) is 0.444. The first-order valence-corrected chi connectivity index (χ1v) is 11.8. The molecule has 0 aromatic heterocycles. The van der Waals surface area contributed by atoms with E-state index in [0.717, 1.165) is 22.3 Å². The predicted octanol–water partition coefficient (Wildman–Crippen LogP) is 3.93. The van der Waals surface area contributed by atoms with Crippen molar-refractivity contribution in [1.82, 2.24) is 10.6 Å². The van der Waals surface area contributed by atoms with E-state index in [1.165, 1.54) is 0 Å². The van der Waals surface area contributed by atoms with E-state index in [9.17, 15) is 19.5 Å². The molecule has 1 aliphatic rings. The minimum absolute atomic E-state index is 0.0664. The number of hydrogen-bond acceptors (Lipinski definition) is 5. The summed E-state index contributed by atoms with van der Waals surface area (Å²) in [5, 5.41) is 14.6. The summed E-state index contributed by atoms with van der Waals surface area (Å²) in [6.07, 6.45) is -0.634. The van der Waals surface area contributed by atoms with Gasteiger partial charge in [0, 0.05) is 12.0 Å². The molecule has 2 amide bonds. The molecule has 0 fully saturated rings. The van der Waals surface area contributed by atoms with Crippen molar-refractivity contribution in [3.05, 3.63) is 59.7 Å². The summed E-state index contributed by atoms with van der Waals surface area (Å²) >= 11 is 0. The first kappa shape index (κ1) is 26.2. The summed E-state index contributed by atoms with van der Waals surface area (Å²) in [7, 11) is 0. The molecule has 3 atom stereocenters. The number of amides is 2. The summed E-state index contributed by atoms with van der Waals surface area (Å²) in [4.78, 5) is 36.7. The molecule has 0 saturated carbocycles.